The predicted molar refractivity (Wildman–Crippen MR) is 103 cm³/mol. The largest absolute Gasteiger partial charge is 0.0625 e. The van der Waals surface area contributed by atoms with Crippen molar-refractivity contribution >= 4 is 0 Å². The molecule has 0 nitrogen and oxygen atoms in total. The third-order valence-corrected chi connectivity index (χ3v) is 4.92. The molecule has 134 valence electrons. The van der Waals surface area contributed by atoms with Crippen molar-refractivity contribution in [1.29, 1.82) is 0 Å². The second-order valence-electron chi connectivity index (χ2n) is 10.4. The quantitative estimate of drug-likeness (QED) is 0.337. The second kappa shape index (κ2) is 10.7. The molecule has 0 N–H and O–H groups in total. The smallest absolute Gasteiger partial charge is 0.0383 e. The summed E-state index contributed by atoms with van der Waals surface area (Å²) in [6.45, 7) is 19.1. The summed E-state index contributed by atoms with van der Waals surface area (Å²) < 4.78 is 0. The average molecular weight is 311 g/mol. The molecule has 0 aromatic carbocycles. The minimum Gasteiger partial charge on any atom is -0.0625 e. The normalized spacial score (nSPS) is 15.8. The van der Waals surface area contributed by atoms with Crippen molar-refractivity contribution in [2.24, 2.45) is 22.7 Å². The number of hydrogen-bond acceptors (Lipinski definition) is 0. The molecule has 2 atom stereocenters. The van der Waals surface area contributed by atoms with E-state index in [1.165, 1.54) is 64.2 Å². The molecule has 22 heavy (non-hydrogen) atoms. The van der Waals surface area contributed by atoms with Gasteiger partial charge in [0.2, 0.25) is 0 Å². The lowest BCUT2D eigenvalue weighted by Gasteiger charge is -2.21. The maximum absolute atomic E-state index is 2.44. The van der Waals surface area contributed by atoms with Crippen molar-refractivity contribution < 1.29 is 0 Å². The van der Waals surface area contributed by atoms with Crippen LogP contribution < -0.4 is 0 Å². The summed E-state index contributed by atoms with van der Waals surface area (Å²) in [6.07, 6.45) is 14.2. The van der Waals surface area contributed by atoms with Gasteiger partial charge in [-0.3, -0.25) is 0 Å². The SMILES string of the molecule is CC(CCCCCCC(C)CCC(C)(C)C)CCC(C)(C)C. The van der Waals surface area contributed by atoms with E-state index in [2.05, 4.69) is 55.4 Å². The molecule has 0 heterocycles. The molecule has 2 unspecified atom stereocenters. The van der Waals surface area contributed by atoms with E-state index in [4.69, 9.17) is 0 Å². The summed E-state index contributed by atoms with van der Waals surface area (Å²) in [4.78, 5) is 0. The zero-order valence-corrected chi connectivity index (χ0v) is 17.2. The highest BCUT2D eigenvalue weighted by Gasteiger charge is 2.13. The van der Waals surface area contributed by atoms with Crippen LogP contribution in [0.25, 0.3) is 0 Å². The standard InChI is InChI=1S/C22H46/c1-19(15-17-21(3,4)5)13-11-9-10-12-14-20(2)16-18-22(6,7)8/h19-20H,9-18H2,1-8H3. The summed E-state index contributed by atoms with van der Waals surface area (Å²) in [6, 6.07) is 0. The van der Waals surface area contributed by atoms with Crippen molar-refractivity contribution in [1.82, 2.24) is 0 Å². The fraction of sp³-hybridized carbons (Fsp3) is 1.00. The van der Waals surface area contributed by atoms with Gasteiger partial charge in [-0.1, -0.05) is 107 Å². The Hall–Kier alpha value is 0. The van der Waals surface area contributed by atoms with Crippen LogP contribution in [0.2, 0.25) is 0 Å². The number of rotatable bonds is 11. The van der Waals surface area contributed by atoms with Gasteiger partial charge in [0.25, 0.3) is 0 Å². The molecule has 0 aromatic rings. The molecule has 0 bridgehead atoms. The molecule has 0 fully saturated rings. The molecular formula is C22H46. The second-order valence-corrected chi connectivity index (χ2v) is 10.4. The van der Waals surface area contributed by atoms with Crippen LogP contribution in [0.3, 0.4) is 0 Å². The van der Waals surface area contributed by atoms with Gasteiger partial charge in [-0.2, -0.15) is 0 Å². The fourth-order valence-corrected chi connectivity index (χ4v) is 2.99. The van der Waals surface area contributed by atoms with Crippen LogP contribution in [0.4, 0.5) is 0 Å². The molecule has 0 saturated heterocycles. The molecule has 0 saturated carbocycles. The van der Waals surface area contributed by atoms with Gasteiger partial charge in [0, 0.05) is 0 Å². The highest BCUT2D eigenvalue weighted by atomic mass is 14.2. The van der Waals surface area contributed by atoms with Gasteiger partial charge in [-0.25, -0.2) is 0 Å². The lowest BCUT2D eigenvalue weighted by Crippen LogP contribution is -2.08. The average Bonchev–Trinajstić information content (AvgIpc) is 2.36. The predicted octanol–water partition coefficient (Wildman–Crippen LogP) is 8.25. The van der Waals surface area contributed by atoms with Crippen molar-refractivity contribution in [3.8, 4) is 0 Å². The molecule has 0 heteroatoms. The zero-order valence-electron chi connectivity index (χ0n) is 17.2. The Morgan fingerprint density at radius 3 is 1.09 bits per heavy atom. The van der Waals surface area contributed by atoms with Gasteiger partial charge in [-0.15, -0.1) is 0 Å². The van der Waals surface area contributed by atoms with E-state index in [9.17, 15) is 0 Å². The van der Waals surface area contributed by atoms with E-state index < -0.39 is 0 Å². The first kappa shape index (κ1) is 22.0. The number of unbranched alkanes of at least 4 members (excludes halogenated alkanes) is 3. The molecule has 0 aliphatic carbocycles. The Labute approximate surface area is 142 Å². The molecule has 0 amide bonds. The zero-order chi connectivity index (χ0) is 17.2. The maximum atomic E-state index is 2.44. The van der Waals surface area contributed by atoms with Crippen LogP contribution in [-0.2, 0) is 0 Å². The van der Waals surface area contributed by atoms with E-state index >= 15 is 0 Å². The molecule has 0 aromatic heterocycles. The van der Waals surface area contributed by atoms with Gasteiger partial charge < -0.3 is 0 Å². The highest BCUT2D eigenvalue weighted by Crippen LogP contribution is 2.27. The van der Waals surface area contributed by atoms with E-state index in [1.54, 1.807) is 0 Å². The summed E-state index contributed by atoms with van der Waals surface area (Å²) in [7, 11) is 0. The third-order valence-electron chi connectivity index (χ3n) is 4.92. The maximum Gasteiger partial charge on any atom is -0.0383 e. The monoisotopic (exact) mass is 310 g/mol. The number of hydrogen-bond donors (Lipinski definition) is 0. The first-order chi connectivity index (χ1) is 9.99. The lowest BCUT2D eigenvalue weighted by molar-refractivity contribution is 0.314. The molecule has 0 rings (SSSR count). The van der Waals surface area contributed by atoms with Crippen molar-refractivity contribution in [2.45, 2.75) is 120 Å². The van der Waals surface area contributed by atoms with Crippen LogP contribution in [0, 0.1) is 22.7 Å². The van der Waals surface area contributed by atoms with Gasteiger partial charge in [0.05, 0.1) is 0 Å². The van der Waals surface area contributed by atoms with Crippen LogP contribution in [-0.4, -0.2) is 0 Å². The minimum absolute atomic E-state index is 0.511. The van der Waals surface area contributed by atoms with Crippen LogP contribution >= 0.6 is 0 Å². The Morgan fingerprint density at radius 2 is 0.818 bits per heavy atom. The Kier molecular flexibility index (Phi) is 10.7. The van der Waals surface area contributed by atoms with Gasteiger partial charge in [0.1, 0.15) is 0 Å². The topological polar surface area (TPSA) is 0 Å². The van der Waals surface area contributed by atoms with E-state index in [-0.39, 0.29) is 0 Å². The summed E-state index contributed by atoms with van der Waals surface area (Å²) in [5.41, 5.74) is 1.02. The van der Waals surface area contributed by atoms with E-state index in [1.807, 2.05) is 0 Å². The highest BCUT2D eigenvalue weighted by molar-refractivity contribution is 4.66. The first-order valence-electron chi connectivity index (χ1n) is 9.99. The molecule has 0 spiro atoms. The summed E-state index contributed by atoms with van der Waals surface area (Å²) in [5.74, 6) is 1.84. The van der Waals surface area contributed by atoms with Crippen molar-refractivity contribution in [3.05, 3.63) is 0 Å². The molecule has 0 aliphatic heterocycles. The van der Waals surface area contributed by atoms with Crippen LogP contribution in [0.1, 0.15) is 120 Å². The Morgan fingerprint density at radius 1 is 0.500 bits per heavy atom. The molecule has 0 aliphatic rings. The van der Waals surface area contributed by atoms with Gasteiger partial charge in [0.15, 0.2) is 0 Å². The van der Waals surface area contributed by atoms with Crippen molar-refractivity contribution in [2.75, 3.05) is 0 Å². The first-order valence-corrected chi connectivity index (χ1v) is 9.99. The minimum atomic E-state index is 0.511. The van der Waals surface area contributed by atoms with Crippen LogP contribution in [0.15, 0.2) is 0 Å². The van der Waals surface area contributed by atoms with Crippen molar-refractivity contribution in [3.63, 3.8) is 0 Å². The lowest BCUT2D eigenvalue weighted by atomic mass is 9.85. The van der Waals surface area contributed by atoms with Gasteiger partial charge in [-0.05, 0) is 35.5 Å². The van der Waals surface area contributed by atoms with Crippen LogP contribution in [0.5, 0.6) is 0 Å². The summed E-state index contributed by atoms with van der Waals surface area (Å²) >= 11 is 0. The fourth-order valence-electron chi connectivity index (χ4n) is 2.99. The van der Waals surface area contributed by atoms with Gasteiger partial charge >= 0.3 is 0 Å². The molecular weight excluding hydrogens is 264 g/mol. The Balaban J connectivity index is 3.46. The Bertz CT molecular complexity index is 222. The van der Waals surface area contributed by atoms with E-state index in [0.717, 1.165) is 11.8 Å². The summed E-state index contributed by atoms with van der Waals surface area (Å²) in [5, 5.41) is 0. The molecule has 0 radical (unpaired) electrons. The van der Waals surface area contributed by atoms with E-state index in [0.29, 0.717) is 10.8 Å². The third kappa shape index (κ3) is 16.4.